The van der Waals surface area contributed by atoms with Gasteiger partial charge in [0, 0.05) is 11.3 Å². The summed E-state index contributed by atoms with van der Waals surface area (Å²) in [5, 5.41) is 0. The van der Waals surface area contributed by atoms with E-state index in [1.807, 2.05) is 0 Å². The van der Waals surface area contributed by atoms with Crippen LogP contribution in [-0.4, -0.2) is 9.97 Å². The van der Waals surface area contributed by atoms with E-state index in [0.29, 0.717) is 11.4 Å². The highest BCUT2D eigenvalue weighted by atomic mass is 19.1. The van der Waals surface area contributed by atoms with Gasteiger partial charge in [-0.3, -0.25) is 4.79 Å². The normalized spacial score (nSPS) is 10.6. The van der Waals surface area contributed by atoms with Gasteiger partial charge in [-0.25, -0.2) is 13.8 Å². The zero-order valence-corrected chi connectivity index (χ0v) is 9.34. The summed E-state index contributed by atoms with van der Waals surface area (Å²) >= 11 is 0. The summed E-state index contributed by atoms with van der Waals surface area (Å²) in [4.78, 5) is 18.2. The van der Waals surface area contributed by atoms with Crippen molar-refractivity contribution in [3.05, 3.63) is 51.6 Å². The predicted molar refractivity (Wildman–Crippen MR) is 59.7 cm³/mol. The van der Waals surface area contributed by atoms with Crippen molar-refractivity contribution in [3.63, 3.8) is 0 Å². The predicted octanol–water partition coefficient (Wildman–Crippen LogP) is 2.33. The molecule has 3 nitrogen and oxygen atoms in total. The molecule has 0 saturated heterocycles. The molecule has 0 unspecified atom stereocenters. The van der Waals surface area contributed by atoms with Gasteiger partial charge in [0.25, 0.3) is 5.56 Å². The van der Waals surface area contributed by atoms with E-state index in [9.17, 15) is 13.6 Å². The van der Waals surface area contributed by atoms with Gasteiger partial charge in [-0.2, -0.15) is 0 Å². The van der Waals surface area contributed by atoms with Crippen molar-refractivity contribution in [1.82, 2.24) is 9.97 Å². The topological polar surface area (TPSA) is 45.8 Å². The minimum atomic E-state index is -0.673. The fraction of sp³-hybridized carbons (Fsp3) is 0.167. The highest BCUT2D eigenvalue weighted by molar-refractivity contribution is 5.59. The van der Waals surface area contributed by atoms with Gasteiger partial charge < -0.3 is 4.98 Å². The molecule has 2 rings (SSSR count). The molecule has 0 saturated carbocycles. The van der Waals surface area contributed by atoms with Crippen LogP contribution in [0, 0.1) is 25.5 Å². The standard InChI is InChI=1S/C12H10F2N2O/c1-6-7(2)16-12(17)11(15-6)9-5-8(13)3-4-10(9)14/h3-5H,1-2H3,(H,16,17). The number of hydrogen-bond donors (Lipinski definition) is 1. The van der Waals surface area contributed by atoms with Gasteiger partial charge in [0.15, 0.2) is 0 Å². The third kappa shape index (κ3) is 2.08. The molecular weight excluding hydrogens is 226 g/mol. The molecule has 0 bridgehead atoms. The quantitative estimate of drug-likeness (QED) is 0.826. The zero-order chi connectivity index (χ0) is 12.6. The zero-order valence-electron chi connectivity index (χ0n) is 9.34. The van der Waals surface area contributed by atoms with E-state index in [2.05, 4.69) is 9.97 Å². The summed E-state index contributed by atoms with van der Waals surface area (Å²) in [5.41, 5.74) is 0.413. The molecule has 1 aromatic carbocycles. The second-order valence-electron chi connectivity index (χ2n) is 3.75. The molecule has 0 amide bonds. The van der Waals surface area contributed by atoms with Crippen molar-refractivity contribution in [2.24, 2.45) is 0 Å². The van der Waals surface area contributed by atoms with Crippen LogP contribution in [-0.2, 0) is 0 Å². The number of nitrogens with zero attached hydrogens (tertiary/aromatic N) is 1. The molecule has 1 heterocycles. The summed E-state index contributed by atoms with van der Waals surface area (Å²) in [6.07, 6.45) is 0. The Bertz CT molecular complexity index is 635. The van der Waals surface area contributed by atoms with Gasteiger partial charge >= 0.3 is 0 Å². The molecule has 0 aliphatic rings. The number of aromatic amines is 1. The Morgan fingerprint density at radius 2 is 1.94 bits per heavy atom. The van der Waals surface area contributed by atoms with Crippen LogP contribution in [0.3, 0.4) is 0 Å². The van der Waals surface area contributed by atoms with Gasteiger partial charge in [-0.05, 0) is 32.0 Å². The molecule has 0 aliphatic heterocycles. The van der Waals surface area contributed by atoms with Crippen molar-refractivity contribution < 1.29 is 8.78 Å². The Balaban J connectivity index is 2.72. The monoisotopic (exact) mass is 236 g/mol. The van der Waals surface area contributed by atoms with Crippen LogP contribution in [0.5, 0.6) is 0 Å². The Kier molecular flexibility index (Phi) is 2.75. The molecule has 2 aromatic rings. The van der Waals surface area contributed by atoms with Gasteiger partial charge in [0.2, 0.25) is 0 Å². The maximum Gasteiger partial charge on any atom is 0.274 e. The number of rotatable bonds is 1. The molecule has 17 heavy (non-hydrogen) atoms. The van der Waals surface area contributed by atoms with E-state index in [1.165, 1.54) is 0 Å². The Hall–Kier alpha value is -2.04. The lowest BCUT2D eigenvalue weighted by atomic mass is 10.1. The average Bonchev–Trinajstić information content (AvgIpc) is 2.27. The maximum absolute atomic E-state index is 13.5. The van der Waals surface area contributed by atoms with E-state index in [1.54, 1.807) is 13.8 Å². The summed E-state index contributed by atoms with van der Waals surface area (Å²) in [6, 6.07) is 2.93. The number of nitrogens with one attached hydrogen (secondary N) is 1. The van der Waals surface area contributed by atoms with Crippen LogP contribution in [0.1, 0.15) is 11.4 Å². The van der Waals surface area contributed by atoms with Crippen LogP contribution < -0.4 is 5.56 Å². The van der Waals surface area contributed by atoms with E-state index < -0.39 is 17.2 Å². The molecule has 0 aliphatic carbocycles. The third-order valence-corrected chi connectivity index (χ3v) is 2.52. The molecule has 88 valence electrons. The van der Waals surface area contributed by atoms with E-state index in [-0.39, 0.29) is 11.3 Å². The number of H-pyrrole nitrogens is 1. The number of benzene rings is 1. The minimum Gasteiger partial charge on any atom is -0.323 e. The highest BCUT2D eigenvalue weighted by Crippen LogP contribution is 2.19. The lowest BCUT2D eigenvalue weighted by Crippen LogP contribution is -2.15. The van der Waals surface area contributed by atoms with Crippen LogP contribution in [0.25, 0.3) is 11.3 Å². The van der Waals surface area contributed by atoms with E-state index >= 15 is 0 Å². The van der Waals surface area contributed by atoms with Gasteiger partial charge in [0.05, 0.1) is 5.69 Å². The summed E-state index contributed by atoms with van der Waals surface area (Å²) in [6.45, 7) is 3.38. The first-order chi connectivity index (χ1) is 7.99. The molecule has 0 atom stereocenters. The van der Waals surface area contributed by atoms with Gasteiger partial charge in [-0.15, -0.1) is 0 Å². The first kappa shape index (κ1) is 11.4. The highest BCUT2D eigenvalue weighted by Gasteiger charge is 2.13. The summed E-state index contributed by atoms with van der Waals surface area (Å²) < 4.78 is 26.5. The van der Waals surface area contributed by atoms with E-state index in [0.717, 1.165) is 18.2 Å². The first-order valence-electron chi connectivity index (χ1n) is 5.02. The lowest BCUT2D eigenvalue weighted by Gasteiger charge is -2.05. The molecule has 1 aromatic heterocycles. The second kappa shape index (κ2) is 4.08. The largest absolute Gasteiger partial charge is 0.323 e. The SMILES string of the molecule is Cc1nc(-c2cc(F)ccc2F)c(=O)[nH]c1C. The summed E-state index contributed by atoms with van der Waals surface area (Å²) in [5.74, 6) is -1.28. The van der Waals surface area contributed by atoms with Crippen LogP contribution in [0.2, 0.25) is 0 Å². The van der Waals surface area contributed by atoms with Gasteiger partial charge in [0.1, 0.15) is 17.3 Å². The van der Waals surface area contributed by atoms with Crippen molar-refractivity contribution in [1.29, 1.82) is 0 Å². The minimum absolute atomic E-state index is 0.106. The Morgan fingerprint density at radius 1 is 1.24 bits per heavy atom. The molecule has 1 N–H and O–H groups in total. The van der Waals surface area contributed by atoms with Gasteiger partial charge in [-0.1, -0.05) is 0 Å². The molecule has 5 heteroatoms. The maximum atomic E-state index is 13.5. The second-order valence-corrected chi connectivity index (χ2v) is 3.75. The number of halogens is 2. The number of aryl methyl sites for hydroxylation is 2. The van der Waals surface area contributed by atoms with Crippen molar-refractivity contribution in [3.8, 4) is 11.3 Å². The molecule has 0 spiro atoms. The fourth-order valence-corrected chi connectivity index (χ4v) is 1.48. The van der Waals surface area contributed by atoms with Crippen LogP contribution >= 0.6 is 0 Å². The van der Waals surface area contributed by atoms with Crippen molar-refractivity contribution in [2.75, 3.05) is 0 Å². The fourth-order valence-electron chi connectivity index (χ4n) is 1.48. The number of hydrogen-bond acceptors (Lipinski definition) is 2. The Labute approximate surface area is 96.2 Å². The van der Waals surface area contributed by atoms with Crippen molar-refractivity contribution >= 4 is 0 Å². The van der Waals surface area contributed by atoms with E-state index in [4.69, 9.17) is 0 Å². The molecule has 0 radical (unpaired) electrons. The smallest absolute Gasteiger partial charge is 0.274 e. The van der Waals surface area contributed by atoms with Crippen LogP contribution in [0.4, 0.5) is 8.78 Å². The lowest BCUT2D eigenvalue weighted by molar-refractivity contribution is 0.602. The Morgan fingerprint density at radius 3 is 2.65 bits per heavy atom. The first-order valence-corrected chi connectivity index (χ1v) is 5.02. The third-order valence-electron chi connectivity index (χ3n) is 2.52. The van der Waals surface area contributed by atoms with Crippen LogP contribution in [0.15, 0.2) is 23.0 Å². The number of aromatic nitrogens is 2. The molecule has 0 fully saturated rings. The van der Waals surface area contributed by atoms with Crippen molar-refractivity contribution in [2.45, 2.75) is 13.8 Å². The molecular formula is C12H10F2N2O. The summed E-state index contributed by atoms with van der Waals surface area (Å²) in [7, 11) is 0. The average molecular weight is 236 g/mol.